The van der Waals surface area contributed by atoms with Gasteiger partial charge in [-0.15, -0.1) is 0 Å². The number of esters is 1. The molecule has 2 aromatic rings. The van der Waals surface area contributed by atoms with E-state index in [-0.39, 0.29) is 11.7 Å². The number of pyridine rings is 1. The maximum Gasteiger partial charge on any atom is 0.306 e. The van der Waals surface area contributed by atoms with E-state index >= 15 is 0 Å². The van der Waals surface area contributed by atoms with Crippen LogP contribution in [0.3, 0.4) is 0 Å². The van der Waals surface area contributed by atoms with E-state index < -0.39 is 4.92 Å². The largest absolute Gasteiger partial charge is 0.466 e. The van der Waals surface area contributed by atoms with Crippen molar-refractivity contribution >= 4 is 23.2 Å². The lowest BCUT2D eigenvalue weighted by atomic mass is 10.1. The molecule has 0 aliphatic rings. The van der Waals surface area contributed by atoms with Crippen molar-refractivity contribution in [2.75, 3.05) is 11.9 Å². The minimum atomic E-state index is -0.454. The van der Waals surface area contributed by atoms with Crippen LogP contribution in [-0.4, -0.2) is 22.5 Å². The van der Waals surface area contributed by atoms with Crippen LogP contribution in [0.15, 0.2) is 36.5 Å². The molecule has 1 N–H and O–H groups in total. The Balaban J connectivity index is 1.97. The summed E-state index contributed by atoms with van der Waals surface area (Å²) in [6, 6.07) is 9.21. The lowest BCUT2D eigenvalue weighted by Crippen LogP contribution is -2.05. The van der Waals surface area contributed by atoms with Gasteiger partial charge < -0.3 is 10.1 Å². The molecule has 0 aliphatic carbocycles. The topological polar surface area (TPSA) is 94.4 Å². The molecule has 0 bridgehead atoms. The van der Waals surface area contributed by atoms with Gasteiger partial charge in [0.25, 0.3) is 5.69 Å². The van der Waals surface area contributed by atoms with Gasteiger partial charge in [0.05, 0.1) is 11.5 Å². The van der Waals surface area contributed by atoms with Gasteiger partial charge in [0.2, 0.25) is 0 Å². The maximum absolute atomic E-state index is 11.3. The molecule has 2 rings (SSSR count). The molecule has 7 heteroatoms. The van der Waals surface area contributed by atoms with Gasteiger partial charge in [0.1, 0.15) is 12.0 Å². The van der Waals surface area contributed by atoms with E-state index in [2.05, 4.69) is 10.3 Å². The second kappa shape index (κ2) is 8.05. The molecule has 126 valence electrons. The third-order valence-electron chi connectivity index (χ3n) is 3.43. The van der Waals surface area contributed by atoms with Gasteiger partial charge in [-0.25, -0.2) is 4.98 Å². The molecule has 1 heterocycles. The Labute approximate surface area is 139 Å². The third kappa shape index (κ3) is 4.77. The van der Waals surface area contributed by atoms with Gasteiger partial charge >= 0.3 is 5.97 Å². The highest BCUT2D eigenvalue weighted by Crippen LogP contribution is 2.22. The number of nitro groups is 1. The fraction of sp³-hybridized carbons (Fsp3) is 0.294. The highest BCUT2D eigenvalue weighted by molar-refractivity contribution is 5.69. The molecule has 0 aliphatic heterocycles. The Bertz CT molecular complexity index is 729. The van der Waals surface area contributed by atoms with Crippen molar-refractivity contribution in [2.45, 2.75) is 26.7 Å². The standard InChI is InChI=1S/C17H19N3O4/c1-3-24-17(21)9-6-13-4-7-14(8-5-13)19-16-10-12(2)15(11-18-16)20(22)23/h4-5,7-8,10-11H,3,6,9H2,1-2H3,(H,18,19). The molecule has 0 spiro atoms. The van der Waals surface area contributed by atoms with Crippen molar-refractivity contribution in [3.8, 4) is 0 Å². The molecule has 24 heavy (non-hydrogen) atoms. The zero-order valence-electron chi connectivity index (χ0n) is 13.6. The number of nitrogens with one attached hydrogen (secondary N) is 1. The summed E-state index contributed by atoms with van der Waals surface area (Å²) in [7, 11) is 0. The van der Waals surface area contributed by atoms with Crippen LogP contribution in [0, 0.1) is 17.0 Å². The van der Waals surface area contributed by atoms with Gasteiger partial charge in [0.15, 0.2) is 0 Å². The summed E-state index contributed by atoms with van der Waals surface area (Å²) >= 11 is 0. The number of aromatic nitrogens is 1. The van der Waals surface area contributed by atoms with Crippen molar-refractivity contribution in [3.05, 3.63) is 57.8 Å². The molecular weight excluding hydrogens is 310 g/mol. The molecule has 7 nitrogen and oxygen atoms in total. The van der Waals surface area contributed by atoms with E-state index in [1.165, 1.54) is 6.20 Å². The normalized spacial score (nSPS) is 10.2. The summed E-state index contributed by atoms with van der Waals surface area (Å²) in [6.07, 6.45) is 2.21. The number of aryl methyl sites for hydroxylation is 2. The highest BCUT2D eigenvalue weighted by atomic mass is 16.6. The molecular formula is C17H19N3O4. The number of nitrogens with zero attached hydrogens (tertiary/aromatic N) is 2. The first-order valence-corrected chi connectivity index (χ1v) is 7.62. The van der Waals surface area contributed by atoms with E-state index in [0.717, 1.165) is 11.3 Å². The fourth-order valence-corrected chi connectivity index (χ4v) is 2.19. The monoisotopic (exact) mass is 329 g/mol. The number of hydrogen-bond acceptors (Lipinski definition) is 6. The second-order valence-corrected chi connectivity index (χ2v) is 5.24. The van der Waals surface area contributed by atoms with Crippen LogP contribution in [0.1, 0.15) is 24.5 Å². The minimum Gasteiger partial charge on any atom is -0.466 e. The summed E-state index contributed by atoms with van der Waals surface area (Å²) in [6.45, 7) is 3.85. The van der Waals surface area contributed by atoms with Crippen molar-refractivity contribution in [2.24, 2.45) is 0 Å². The lowest BCUT2D eigenvalue weighted by molar-refractivity contribution is -0.385. The van der Waals surface area contributed by atoms with E-state index in [4.69, 9.17) is 4.74 Å². The number of carbonyl (C=O) groups is 1. The maximum atomic E-state index is 11.3. The molecule has 1 aromatic heterocycles. The number of benzene rings is 1. The molecule has 0 saturated carbocycles. The smallest absolute Gasteiger partial charge is 0.306 e. The number of ether oxygens (including phenoxy) is 1. The molecule has 0 radical (unpaired) electrons. The number of rotatable bonds is 7. The molecule has 1 aromatic carbocycles. The minimum absolute atomic E-state index is 0.00476. The zero-order valence-corrected chi connectivity index (χ0v) is 13.6. The van der Waals surface area contributed by atoms with Crippen molar-refractivity contribution < 1.29 is 14.5 Å². The molecule has 0 unspecified atom stereocenters. The van der Waals surface area contributed by atoms with E-state index in [9.17, 15) is 14.9 Å². The predicted octanol–water partition coefficient (Wildman–Crippen LogP) is 3.54. The third-order valence-corrected chi connectivity index (χ3v) is 3.43. The molecule has 0 fully saturated rings. The quantitative estimate of drug-likeness (QED) is 0.474. The van der Waals surface area contributed by atoms with Crippen molar-refractivity contribution in [1.82, 2.24) is 4.98 Å². The zero-order chi connectivity index (χ0) is 17.5. The average Bonchev–Trinajstić information content (AvgIpc) is 2.54. The molecule has 0 atom stereocenters. The summed E-state index contributed by atoms with van der Waals surface area (Å²) in [5, 5.41) is 13.9. The van der Waals surface area contributed by atoms with Gasteiger partial charge in [0, 0.05) is 17.7 Å². The summed E-state index contributed by atoms with van der Waals surface area (Å²) in [5.74, 6) is 0.336. The van der Waals surface area contributed by atoms with E-state index in [1.54, 1.807) is 19.9 Å². The number of carbonyl (C=O) groups excluding carboxylic acids is 1. The van der Waals surface area contributed by atoms with Gasteiger partial charge in [-0.3, -0.25) is 14.9 Å². The lowest BCUT2D eigenvalue weighted by Gasteiger charge is -2.08. The van der Waals surface area contributed by atoms with Crippen LogP contribution in [-0.2, 0) is 16.0 Å². The first-order chi connectivity index (χ1) is 11.5. The van der Waals surface area contributed by atoms with Crippen LogP contribution < -0.4 is 5.32 Å². The Morgan fingerprint density at radius 1 is 1.33 bits per heavy atom. The molecule has 0 saturated heterocycles. The van der Waals surface area contributed by atoms with Crippen LogP contribution in [0.2, 0.25) is 0 Å². The van der Waals surface area contributed by atoms with Gasteiger partial charge in [-0.05, 0) is 44.0 Å². The second-order valence-electron chi connectivity index (χ2n) is 5.24. The van der Waals surface area contributed by atoms with Crippen molar-refractivity contribution in [3.63, 3.8) is 0 Å². The average molecular weight is 329 g/mol. The fourth-order valence-electron chi connectivity index (χ4n) is 2.19. The van der Waals surface area contributed by atoms with Crippen LogP contribution in [0.5, 0.6) is 0 Å². The summed E-state index contributed by atoms with van der Waals surface area (Å²) in [5.41, 5.74) is 2.38. The predicted molar refractivity (Wildman–Crippen MR) is 90.3 cm³/mol. The first kappa shape index (κ1) is 17.4. The summed E-state index contributed by atoms with van der Waals surface area (Å²) in [4.78, 5) is 25.7. The van der Waals surface area contributed by atoms with Gasteiger partial charge in [-0.2, -0.15) is 0 Å². The Morgan fingerprint density at radius 3 is 2.62 bits per heavy atom. The SMILES string of the molecule is CCOC(=O)CCc1ccc(Nc2cc(C)c([N+](=O)[O-])cn2)cc1. The van der Waals surface area contributed by atoms with Gasteiger partial charge in [-0.1, -0.05) is 12.1 Å². The van der Waals surface area contributed by atoms with Crippen LogP contribution >= 0.6 is 0 Å². The number of hydrogen-bond donors (Lipinski definition) is 1. The van der Waals surface area contributed by atoms with E-state index in [1.807, 2.05) is 24.3 Å². The summed E-state index contributed by atoms with van der Waals surface area (Å²) < 4.78 is 4.90. The highest BCUT2D eigenvalue weighted by Gasteiger charge is 2.11. The Kier molecular flexibility index (Phi) is 5.83. The Hall–Kier alpha value is -2.96. The first-order valence-electron chi connectivity index (χ1n) is 7.62. The van der Waals surface area contributed by atoms with Crippen molar-refractivity contribution in [1.29, 1.82) is 0 Å². The van der Waals surface area contributed by atoms with Crippen LogP contribution in [0.4, 0.5) is 17.2 Å². The number of anilines is 2. The van der Waals surface area contributed by atoms with Crippen LogP contribution in [0.25, 0.3) is 0 Å². The van der Waals surface area contributed by atoms with E-state index in [0.29, 0.717) is 30.8 Å². The Morgan fingerprint density at radius 2 is 2.04 bits per heavy atom. The molecule has 0 amide bonds.